The molecule has 2 heteroatoms. The van der Waals surface area contributed by atoms with Gasteiger partial charge < -0.3 is 9.80 Å². The molecule has 0 saturated carbocycles. The van der Waals surface area contributed by atoms with Crippen LogP contribution in [0.3, 0.4) is 0 Å². The second-order valence-electron chi connectivity index (χ2n) is 9.66. The van der Waals surface area contributed by atoms with Gasteiger partial charge in [-0.2, -0.15) is 0 Å². The number of hydrogen-bond acceptors (Lipinski definition) is 2. The molecule has 0 saturated heterocycles. The van der Waals surface area contributed by atoms with Crippen LogP contribution < -0.4 is 9.80 Å². The molecule has 0 N–H and O–H groups in total. The molecule has 8 rings (SSSR count). The lowest BCUT2D eigenvalue weighted by molar-refractivity contribution is 1.00. The number of nitrogens with zero attached hydrogens (tertiary/aromatic N) is 2. The van der Waals surface area contributed by atoms with Crippen molar-refractivity contribution in [3.63, 3.8) is 0 Å². The van der Waals surface area contributed by atoms with E-state index >= 15 is 0 Å². The Kier molecular flexibility index (Phi) is 3.65. The molecule has 0 spiro atoms. The van der Waals surface area contributed by atoms with Crippen LogP contribution in [-0.2, 0) is 12.8 Å². The highest BCUT2D eigenvalue weighted by Crippen LogP contribution is 2.47. The lowest BCUT2D eigenvalue weighted by Gasteiger charge is -2.26. The van der Waals surface area contributed by atoms with Gasteiger partial charge in [0.15, 0.2) is 0 Å². The van der Waals surface area contributed by atoms with Crippen molar-refractivity contribution in [1.82, 2.24) is 0 Å². The first kappa shape index (κ1) is 18.4. The van der Waals surface area contributed by atoms with Crippen LogP contribution in [0.2, 0.25) is 0 Å². The van der Waals surface area contributed by atoms with E-state index in [9.17, 15) is 0 Å². The molecule has 34 heavy (non-hydrogen) atoms. The van der Waals surface area contributed by atoms with Crippen LogP contribution >= 0.6 is 0 Å². The molecule has 0 unspecified atom stereocenters. The maximum Gasteiger partial charge on any atom is 0.0497 e. The number of benzene rings is 6. The zero-order valence-electron chi connectivity index (χ0n) is 19.0. The maximum atomic E-state index is 2.52. The number of fused-ring (bicyclic) bond motifs is 2. The first-order valence-corrected chi connectivity index (χ1v) is 12.3. The Bertz CT molecular complexity index is 1730. The van der Waals surface area contributed by atoms with Crippen molar-refractivity contribution in [3.05, 3.63) is 108 Å². The zero-order chi connectivity index (χ0) is 22.2. The molecule has 0 radical (unpaired) electrons. The molecule has 2 nitrogen and oxygen atoms in total. The first-order chi connectivity index (χ1) is 16.9. The first-order valence-electron chi connectivity index (χ1n) is 12.3. The summed E-state index contributed by atoms with van der Waals surface area (Å²) in [5.74, 6) is 0. The number of anilines is 4. The molecule has 0 aromatic heterocycles. The van der Waals surface area contributed by atoms with Gasteiger partial charge in [-0.25, -0.2) is 0 Å². The fourth-order valence-corrected chi connectivity index (χ4v) is 6.43. The van der Waals surface area contributed by atoms with Crippen LogP contribution in [0.4, 0.5) is 22.7 Å². The monoisotopic (exact) mass is 436 g/mol. The Labute approximate surface area is 199 Å². The van der Waals surface area contributed by atoms with Gasteiger partial charge >= 0.3 is 0 Å². The van der Waals surface area contributed by atoms with Gasteiger partial charge in [0.1, 0.15) is 0 Å². The third kappa shape index (κ3) is 2.40. The van der Waals surface area contributed by atoms with E-state index in [2.05, 4.69) is 107 Å². The number of rotatable bonds is 2. The van der Waals surface area contributed by atoms with Crippen molar-refractivity contribution in [2.75, 3.05) is 22.9 Å². The largest absolute Gasteiger partial charge is 0.340 e. The molecule has 2 aliphatic rings. The van der Waals surface area contributed by atoms with Gasteiger partial charge in [0, 0.05) is 46.6 Å². The summed E-state index contributed by atoms with van der Waals surface area (Å²) in [6, 6.07) is 36.3. The standard InChI is InChI=1S/C32H24N2/c1-3-10-27-21(6-1)16-18-33(27)29-15-13-24-20-30(34-19-17-22-7-2-4-11-28(22)34)25-9-5-8-23-12-14-26(29)32(24)31(23)25/h1-15,20H,16-19H2. The Balaban J connectivity index is 1.41. The minimum atomic E-state index is 1.04. The van der Waals surface area contributed by atoms with E-state index < -0.39 is 0 Å². The van der Waals surface area contributed by atoms with E-state index in [1.807, 2.05) is 0 Å². The highest BCUT2D eigenvalue weighted by atomic mass is 15.2. The van der Waals surface area contributed by atoms with Gasteiger partial charge in [0.2, 0.25) is 0 Å². The molecule has 162 valence electrons. The van der Waals surface area contributed by atoms with Crippen LogP contribution in [0, 0.1) is 0 Å². The lowest BCUT2D eigenvalue weighted by atomic mass is 9.91. The topological polar surface area (TPSA) is 6.48 Å². The van der Waals surface area contributed by atoms with E-state index in [4.69, 9.17) is 0 Å². The van der Waals surface area contributed by atoms with Crippen molar-refractivity contribution in [3.8, 4) is 0 Å². The number of para-hydroxylation sites is 2. The SMILES string of the molecule is c1ccc2c(c1)CCN2c1cc2ccc(N3CCc4ccccc43)c3ccc4cccc1c4c23. The molecule has 6 aromatic rings. The third-order valence-corrected chi connectivity index (χ3v) is 7.96. The van der Waals surface area contributed by atoms with Crippen LogP contribution in [-0.4, -0.2) is 13.1 Å². The van der Waals surface area contributed by atoms with Crippen LogP contribution in [0.15, 0.2) is 97.1 Å². The van der Waals surface area contributed by atoms with Crippen LogP contribution in [0.5, 0.6) is 0 Å². The molecular formula is C32H24N2. The molecule has 0 bridgehead atoms. The van der Waals surface area contributed by atoms with E-state index in [1.54, 1.807) is 0 Å². The molecule has 0 amide bonds. The second kappa shape index (κ2) is 6.74. The minimum Gasteiger partial charge on any atom is -0.340 e. The smallest absolute Gasteiger partial charge is 0.0497 e. The summed E-state index contributed by atoms with van der Waals surface area (Å²) < 4.78 is 0. The minimum absolute atomic E-state index is 1.04. The van der Waals surface area contributed by atoms with Gasteiger partial charge in [-0.05, 0) is 69.8 Å². The van der Waals surface area contributed by atoms with E-state index in [1.165, 1.54) is 66.2 Å². The molecule has 0 fully saturated rings. The molecular weight excluding hydrogens is 412 g/mol. The van der Waals surface area contributed by atoms with Gasteiger partial charge in [-0.3, -0.25) is 0 Å². The normalized spacial score (nSPS) is 15.1. The highest BCUT2D eigenvalue weighted by molar-refractivity contribution is 6.28. The average molecular weight is 437 g/mol. The van der Waals surface area contributed by atoms with Crippen molar-refractivity contribution in [2.24, 2.45) is 0 Å². The third-order valence-electron chi connectivity index (χ3n) is 7.96. The Morgan fingerprint density at radius 1 is 0.441 bits per heavy atom. The van der Waals surface area contributed by atoms with Crippen molar-refractivity contribution >= 4 is 55.1 Å². The second-order valence-corrected chi connectivity index (χ2v) is 9.66. The maximum absolute atomic E-state index is 2.52. The van der Waals surface area contributed by atoms with Gasteiger partial charge in [0.05, 0.1) is 0 Å². The Hall–Kier alpha value is -4.04. The van der Waals surface area contributed by atoms with E-state index in [-0.39, 0.29) is 0 Å². The van der Waals surface area contributed by atoms with Crippen LogP contribution in [0.1, 0.15) is 11.1 Å². The number of hydrogen-bond donors (Lipinski definition) is 0. The molecule has 2 aliphatic heterocycles. The molecule has 0 atom stereocenters. The predicted molar refractivity (Wildman–Crippen MR) is 144 cm³/mol. The Morgan fingerprint density at radius 3 is 1.82 bits per heavy atom. The van der Waals surface area contributed by atoms with E-state index in [0.717, 1.165) is 25.9 Å². The molecule has 0 aliphatic carbocycles. The summed E-state index contributed by atoms with van der Waals surface area (Å²) in [5.41, 5.74) is 8.25. The van der Waals surface area contributed by atoms with Gasteiger partial charge in [0.25, 0.3) is 0 Å². The average Bonchev–Trinajstić information content (AvgIpc) is 3.52. The van der Waals surface area contributed by atoms with Crippen molar-refractivity contribution in [2.45, 2.75) is 12.8 Å². The highest BCUT2D eigenvalue weighted by Gasteiger charge is 2.25. The summed E-state index contributed by atoms with van der Waals surface area (Å²) in [6.07, 6.45) is 2.21. The summed E-state index contributed by atoms with van der Waals surface area (Å²) >= 11 is 0. The van der Waals surface area contributed by atoms with Crippen LogP contribution in [0.25, 0.3) is 32.3 Å². The van der Waals surface area contributed by atoms with Crippen molar-refractivity contribution < 1.29 is 0 Å². The zero-order valence-corrected chi connectivity index (χ0v) is 19.0. The summed E-state index contributed by atoms with van der Waals surface area (Å²) in [6.45, 7) is 2.08. The quantitative estimate of drug-likeness (QED) is 0.254. The van der Waals surface area contributed by atoms with Gasteiger partial charge in [-0.15, -0.1) is 0 Å². The predicted octanol–water partition coefficient (Wildman–Crippen LogP) is 7.97. The summed E-state index contributed by atoms with van der Waals surface area (Å²) in [7, 11) is 0. The fraction of sp³-hybridized carbons (Fsp3) is 0.125. The summed E-state index contributed by atoms with van der Waals surface area (Å²) in [5, 5.41) is 8.15. The van der Waals surface area contributed by atoms with E-state index in [0.29, 0.717) is 0 Å². The molecule has 6 aromatic carbocycles. The Morgan fingerprint density at radius 2 is 1.06 bits per heavy atom. The molecule has 2 heterocycles. The summed E-state index contributed by atoms with van der Waals surface area (Å²) in [4.78, 5) is 5.04. The van der Waals surface area contributed by atoms with Crippen molar-refractivity contribution in [1.29, 1.82) is 0 Å². The van der Waals surface area contributed by atoms with Gasteiger partial charge in [-0.1, -0.05) is 72.8 Å². The fourth-order valence-electron chi connectivity index (χ4n) is 6.43. The lowest BCUT2D eigenvalue weighted by Crippen LogP contribution is -2.15.